The summed E-state index contributed by atoms with van der Waals surface area (Å²) in [6, 6.07) is 4.18. The predicted molar refractivity (Wildman–Crippen MR) is 78.7 cm³/mol. The van der Waals surface area contributed by atoms with Gasteiger partial charge in [0.15, 0.2) is 6.29 Å². The Morgan fingerprint density at radius 3 is 2.91 bits per heavy atom. The van der Waals surface area contributed by atoms with Gasteiger partial charge in [-0.3, -0.25) is 10.1 Å². The third-order valence-corrected chi connectivity index (χ3v) is 3.42. The second-order valence-corrected chi connectivity index (χ2v) is 5.08. The molecule has 1 atom stereocenters. The molecule has 0 saturated carbocycles. The molecule has 0 radical (unpaired) electrons. The van der Waals surface area contributed by atoms with Gasteiger partial charge in [0.05, 0.1) is 30.8 Å². The van der Waals surface area contributed by atoms with Gasteiger partial charge in [-0.1, -0.05) is 0 Å². The largest absolute Gasteiger partial charge is 0.493 e. The first kappa shape index (κ1) is 16.7. The van der Waals surface area contributed by atoms with Crippen LogP contribution in [0.5, 0.6) is 5.75 Å². The average Bonchev–Trinajstić information content (AvgIpc) is 2.55. The predicted octanol–water partition coefficient (Wildman–Crippen LogP) is 2.40. The smallest absolute Gasteiger partial charge is 0.273 e. The molecule has 0 bridgehead atoms. The lowest BCUT2D eigenvalue weighted by atomic mass is 10.2. The average molecular weight is 311 g/mol. The summed E-state index contributed by atoms with van der Waals surface area (Å²) >= 11 is 0. The number of hydrogen-bond donors (Lipinski definition) is 1. The lowest BCUT2D eigenvalue weighted by Gasteiger charge is -2.22. The number of nitrogens with zero attached hydrogens (tertiary/aromatic N) is 1. The van der Waals surface area contributed by atoms with Gasteiger partial charge in [0.25, 0.3) is 5.69 Å². The number of benzene rings is 1. The summed E-state index contributed by atoms with van der Waals surface area (Å²) in [5, 5.41) is 20.0. The normalized spacial score (nSPS) is 18.1. The van der Waals surface area contributed by atoms with Gasteiger partial charge < -0.3 is 19.3 Å². The lowest BCUT2D eigenvalue weighted by molar-refractivity contribution is -0.385. The molecule has 0 aliphatic carbocycles. The van der Waals surface area contributed by atoms with Crippen LogP contribution in [0.2, 0.25) is 0 Å². The van der Waals surface area contributed by atoms with E-state index in [2.05, 4.69) is 0 Å². The highest BCUT2D eigenvalue weighted by Gasteiger charge is 2.14. The summed E-state index contributed by atoms with van der Waals surface area (Å²) in [5.74, 6) is 0.339. The van der Waals surface area contributed by atoms with E-state index in [9.17, 15) is 15.2 Å². The van der Waals surface area contributed by atoms with Crippen LogP contribution in [-0.2, 0) is 16.1 Å². The van der Waals surface area contributed by atoms with Crippen molar-refractivity contribution in [1.29, 1.82) is 0 Å². The molecule has 0 spiro atoms. The van der Waals surface area contributed by atoms with Crippen LogP contribution >= 0.6 is 0 Å². The second-order valence-electron chi connectivity index (χ2n) is 5.08. The second kappa shape index (κ2) is 8.67. The summed E-state index contributed by atoms with van der Waals surface area (Å²) in [6.45, 7) is 1.39. The van der Waals surface area contributed by atoms with Crippen molar-refractivity contribution in [3.63, 3.8) is 0 Å². The highest BCUT2D eigenvalue weighted by molar-refractivity contribution is 5.44. The van der Waals surface area contributed by atoms with Crippen LogP contribution in [0.4, 0.5) is 5.69 Å². The van der Waals surface area contributed by atoms with Crippen LogP contribution in [0, 0.1) is 10.1 Å². The van der Waals surface area contributed by atoms with Gasteiger partial charge in [0.2, 0.25) is 0 Å². The Balaban J connectivity index is 1.75. The Hall–Kier alpha value is -1.70. The third-order valence-electron chi connectivity index (χ3n) is 3.42. The first-order chi connectivity index (χ1) is 10.7. The van der Waals surface area contributed by atoms with Crippen LogP contribution in [0.3, 0.4) is 0 Å². The molecule has 122 valence electrons. The van der Waals surface area contributed by atoms with Crippen molar-refractivity contribution in [3.05, 3.63) is 33.9 Å². The van der Waals surface area contributed by atoms with Crippen molar-refractivity contribution in [1.82, 2.24) is 0 Å². The third kappa shape index (κ3) is 4.94. The maximum Gasteiger partial charge on any atom is 0.273 e. The van der Waals surface area contributed by atoms with Crippen LogP contribution in [0.1, 0.15) is 31.2 Å². The minimum Gasteiger partial charge on any atom is -0.493 e. The van der Waals surface area contributed by atoms with E-state index in [0.717, 1.165) is 25.9 Å². The summed E-state index contributed by atoms with van der Waals surface area (Å²) in [5.41, 5.74) is 0.473. The van der Waals surface area contributed by atoms with E-state index < -0.39 is 4.92 Å². The Bertz CT molecular complexity index is 487. The Kier molecular flexibility index (Phi) is 6.57. The highest BCUT2D eigenvalue weighted by Crippen LogP contribution is 2.25. The van der Waals surface area contributed by atoms with Gasteiger partial charge >= 0.3 is 0 Å². The molecule has 7 heteroatoms. The van der Waals surface area contributed by atoms with E-state index in [1.54, 1.807) is 0 Å². The Morgan fingerprint density at radius 1 is 1.36 bits per heavy atom. The number of aliphatic hydroxyl groups excluding tert-OH is 1. The summed E-state index contributed by atoms with van der Waals surface area (Å²) in [7, 11) is 0. The van der Waals surface area contributed by atoms with Crippen LogP contribution < -0.4 is 4.74 Å². The van der Waals surface area contributed by atoms with Crippen molar-refractivity contribution in [2.75, 3.05) is 19.8 Å². The van der Waals surface area contributed by atoms with E-state index in [4.69, 9.17) is 14.2 Å². The zero-order chi connectivity index (χ0) is 15.8. The van der Waals surface area contributed by atoms with Gasteiger partial charge in [-0.05, 0) is 25.3 Å². The quantitative estimate of drug-likeness (QED) is 0.450. The Morgan fingerprint density at radius 2 is 2.23 bits per heavy atom. The maximum atomic E-state index is 10.8. The first-order valence-corrected chi connectivity index (χ1v) is 7.45. The van der Waals surface area contributed by atoms with Gasteiger partial charge in [-0.25, -0.2) is 0 Å². The van der Waals surface area contributed by atoms with E-state index in [-0.39, 0.29) is 18.6 Å². The number of nitro groups is 1. The van der Waals surface area contributed by atoms with Crippen molar-refractivity contribution in [3.8, 4) is 5.75 Å². The van der Waals surface area contributed by atoms with Gasteiger partial charge in [-0.2, -0.15) is 0 Å². The molecule has 0 amide bonds. The summed E-state index contributed by atoms with van der Waals surface area (Å²) in [4.78, 5) is 10.3. The van der Waals surface area contributed by atoms with Crippen molar-refractivity contribution < 1.29 is 24.2 Å². The van der Waals surface area contributed by atoms with E-state index >= 15 is 0 Å². The molecule has 2 rings (SSSR count). The number of non-ortho nitro benzene ring substituents is 1. The molecule has 1 unspecified atom stereocenters. The molecule has 1 heterocycles. The molecule has 1 fully saturated rings. The zero-order valence-corrected chi connectivity index (χ0v) is 12.4. The van der Waals surface area contributed by atoms with E-state index in [1.165, 1.54) is 18.2 Å². The molecule has 1 aliphatic heterocycles. The highest BCUT2D eigenvalue weighted by atomic mass is 16.7. The van der Waals surface area contributed by atoms with E-state index in [0.29, 0.717) is 30.9 Å². The molecular weight excluding hydrogens is 290 g/mol. The molecule has 7 nitrogen and oxygen atoms in total. The minimum atomic E-state index is -0.489. The van der Waals surface area contributed by atoms with Crippen LogP contribution in [0.15, 0.2) is 18.2 Å². The van der Waals surface area contributed by atoms with Crippen molar-refractivity contribution >= 4 is 5.69 Å². The fourth-order valence-electron chi connectivity index (χ4n) is 2.22. The van der Waals surface area contributed by atoms with Crippen molar-refractivity contribution in [2.24, 2.45) is 0 Å². The molecule has 1 aliphatic rings. The maximum absolute atomic E-state index is 10.8. The van der Waals surface area contributed by atoms with Crippen molar-refractivity contribution in [2.45, 2.75) is 38.6 Å². The monoisotopic (exact) mass is 311 g/mol. The summed E-state index contributed by atoms with van der Waals surface area (Å²) in [6.07, 6.45) is 3.64. The van der Waals surface area contributed by atoms with Gasteiger partial charge in [0.1, 0.15) is 5.75 Å². The number of rotatable bonds is 8. The Labute approximate surface area is 128 Å². The molecule has 22 heavy (non-hydrogen) atoms. The fraction of sp³-hybridized carbons (Fsp3) is 0.600. The SMILES string of the molecule is O=[N+]([O-])c1ccc(CO)c(OCCCOC2CCCCO2)c1. The van der Waals surface area contributed by atoms with Crippen LogP contribution in [0.25, 0.3) is 0 Å². The topological polar surface area (TPSA) is 91.1 Å². The van der Waals surface area contributed by atoms with Crippen LogP contribution in [-0.4, -0.2) is 36.1 Å². The number of aliphatic hydroxyl groups is 1. The number of hydrogen-bond acceptors (Lipinski definition) is 6. The van der Waals surface area contributed by atoms with Gasteiger partial charge in [0, 0.05) is 24.7 Å². The molecule has 1 aromatic rings. The molecule has 1 aromatic carbocycles. The summed E-state index contributed by atoms with van der Waals surface area (Å²) < 4.78 is 16.6. The fourth-order valence-corrected chi connectivity index (χ4v) is 2.22. The minimum absolute atomic E-state index is 0.0564. The molecule has 0 aromatic heterocycles. The first-order valence-electron chi connectivity index (χ1n) is 7.45. The lowest BCUT2D eigenvalue weighted by Crippen LogP contribution is -2.23. The number of ether oxygens (including phenoxy) is 3. The van der Waals surface area contributed by atoms with E-state index in [1.807, 2.05) is 0 Å². The molecular formula is C15H21NO6. The standard InChI is InChI=1S/C15H21NO6/c17-11-12-5-6-13(16(18)19)10-14(12)20-8-3-9-22-15-4-1-2-7-21-15/h5-6,10,15,17H,1-4,7-9,11H2. The zero-order valence-electron chi connectivity index (χ0n) is 12.4. The number of nitro benzene ring substituents is 1. The molecule has 1 N–H and O–H groups in total. The molecule has 1 saturated heterocycles. The van der Waals surface area contributed by atoms with Gasteiger partial charge in [-0.15, -0.1) is 0 Å².